The molecule has 0 atom stereocenters. The number of benzene rings is 1. The molecular formula is C20H20N4O3S. The Morgan fingerprint density at radius 1 is 1.07 bits per heavy atom. The molecule has 0 spiro atoms. The van der Waals surface area contributed by atoms with E-state index >= 15 is 0 Å². The number of piperazine rings is 1. The van der Waals surface area contributed by atoms with E-state index in [1.165, 1.54) is 11.3 Å². The maximum Gasteiger partial charge on any atom is 0.349 e. The summed E-state index contributed by atoms with van der Waals surface area (Å²) in [6, 6.07) is 9.62. The summed E-state index contributed by atoms with van der Waals surface area (Å²) in [6.45, 7) is 4.07. The number of hydrogen-bond donors (Lipinski definition) is 0. The molecule has 0 N–H and O–H groups in total. The number of carbonyl (C=O) groups is 2. The lowest BCUT2D eigenvalue weighted by Gasteiger charge is -2.34. The highest BCUT2D eigenvalue weighted by molar-refractivity contribution is 7.21. The van der Waals surface area contributed by atoms with Crippen molar-refractivity contribution in [1.29, 1.82) is 0 Å². The molecule has 0 bridgehead atoms. The molecule has 0 aliphatic carbocycles. The molecule has 1 aliphatic heterocycles. The second-order valence-corrected chi connectivity index (χ2v) is 7.60. The highest BCUT2D eigenvalue weighted by Gasteiger charge is 2.24. The number of aromatic nitrogens is 2. The zero-order chi connectivity index (χ0) is 19.5. The summed E-state index contributed by atoms with van der Waals surface area (Å²) in [6.07, 6.45) is 3.41. The van der Waals surface area contributed by atoms with Crippen molar-refractivity contribution in [1.82, 2.24) is 14.9 Å². The highest BCUT2D eigenvalue weighted by atomic mass is 32.1. The number of esters is 1. The molecule has 3 heterocycles. The average molecular weight is 396 g/mol. The number of rotatable bonds is 4. The third-order valence-electron chi connectivity index (χ3n) is 4.82. The van der Waals surface area contributed by atoms with Crippen LogP contribution in [0.3, 0.4) is 0 Å². The quantitative estimate of drug-likeness (QED) is 0.631. The van der Waals surface area contributed by atoms with Crippen LogP contribution in [-0.4, -0.2) is 59.5 Å². The van der Waals surface area contributed by atoms with Crippen LogP contribution in [0, 0.1) is 6.92 Å². The molecule has 1 aliphatic rings. The topological polar surface area (TPSA) is 75.6 Å². The Morgan fingerprint density at radius 2 is 1.79 bits per heavy atom. The van der Waals surface area contributed by atoms with Gasteiger partial charge in [-0.1, -0.05) is 18.2 Å². The minimum absolute atomic E-state index is 0.180. The van der Waals surface area contributed by atoms with Gasteiger partial charge in [0, 0.05) is 43.3 Å². The Hall–Kier alpha value is -3.00. The van der Waals surface area contributed by atoms with Crippen LogP contribution in [0.5, 0.6) is 0 Å². The van der Waals surface area contributed by atoms with Gasteiger partial charge in [-0.2, -0.15) is 0 Å². The molecule has 1 fully saturated rings. The molecule has 3 aromatic rings. The van der Waals surface area contributed by atoms with Gasteiger partial charge >= 0.3 is 5.97 Å². The van der Waals surface area contributed by atoms with E-state index in [4.69, 9.17) is 4.74 Å². The predicted octanol–water partition coefficient (Wildman–Crippen LogP) is 2.51. The first kappa shape index (κ1) is 18.4. The molecule has 144 valence electrons. The van der Waals surface area contributed by atoms with E-state index in [0.717, 1.165) is 15.6 Å². The summed E-state index contributed by atoms with van der Waals surface area (Å²) in [5.74, 6) is 0.0466. The summed E-state index contributed by atoms with van der Waals surface area (Å²) >= 11 is 1.40. The average Bonchev–Trinajstić information content (AvgIpc) is 3.09. The highest BCUT2D eigenvalue weighted by Crippen LogP contribution is 2.30. The van der Waals surface area contributed by atoms with Crippen molar-refractivity contribution < 1.29 is 14.3 Å². The van der Waals surface area contributed by atoms with Gasteiger partial charge in [0.15, 0.2) is 6.61 Å². The van der Waals surface area contributed by atoms with Crippen LogP contribution in [0.2, 0.25) is 0 Å². The number of hydrogen-bond acceptors (Lipinski definition) is 7. The van der Waals surface area contributed by atoms with Crippen molar-refractivity contribution in [2.24, 2.45) is 0 Å². The molecule has 1 aromatic carbocycles. The van der Waals surface area contributed by atoms with Gasteiger partial charge in [-0.3, -0.25) is 4.79 Å². The number of nitrogens with zero attached hydrogens (tertiary/aromatic N) is 4. The Kier molecular flexibility index (Phi) is 5.21. The first-order valence-corrected chi connectivity index (χ1v) is 9.90. The van der Waals surface area contributed by atoms with Gasteiger partial charge in [0.05, 0.1) is 0 Å². The maximum absolute atomic E-state index is 12.5. The molecule has 0 unspecified atom stereocenters. The lowest BCUT2D eigenvalue weighted by atomic mass is 10.1. The fourth-order valence-corrected chi connectivity index (χ4v) is 4.37. The summed E-state index contributed by atoms with van der Waals surface area (Å²) < 4.78 is 6.35. The van der Waals surface area contributed by atoms with Crippen molar-refractivity contribution in [3.63, 3.8) is 0 Å². The van der Waals surface area contributed by atoms with Crippen molar-refractivity contribution >= 4 is 39.2 Å². The lowest BCUT2D eigenvalue weighted by molar-refractivity contribution is -0.134. The van der Waals surface area contributed by atoms with Gasteiger partial charge in [-0.15, -0.1) is 11.3 Å². The minimum Gasteiger partial charge on any atom is -0.451 e. The van der Waals surface area contributed by atoms with Crippen LogP contribution in [-0.2, 0) is 9.53 Å². The number of thiophene rings is 1. The third-order valence-corrected chi connectivity index (χ3v) is 6.08. The fraction of sp³-hybridized carbons (Fsp3) is 0.300. The lowest BCUT2D eigenvalue weighted by Crippen LogP contribution is -2.50. The number of fused-ring (bicyclic) bond motifs is 1. The van der Waals surface area contributed by atoms with Crippen molar-refractivity contribution in [2.45, 2.75) is 6.92 Å². The van der Waals surface area contributed by atoms with Gasteiger partial charge in [0.25, 0.3) is 5.91 Å². The number of amides is 1. The van der Waals surface area contributed by atoms with E-state index in [1.54, 1.807) is 23.4 Å². The first-order chi connectivity index (χ1) is 13.6. The van der Waals surface area contributed by atoms with Crippen LogP contribution in [0.4, 0.5) is 5.95 Å². The van der Waals surface area contributed by atoms with Crippen molar-refractivity contribution in [3.8, 4) is 0 Å². The number of carbonyl (C=O) groups excluding carboxylic acids is 2. The van der Waals surface area contributed by atoms with Gasteiger partial charge in [0.1, 0.15) is 4.88 Å². The SMILES string of the molecule is Cc1c(C(=O)OCC(=O)N2CCN(c3ncccn3)CC2)sc2ccccc12. The standard InChI is InChI=1S/C20H20N4O3S/c1-14-15-5-2-3-6-16(15)28-18(14)19(26)27-13-17(25)23-9-11-24(12-10-23)20-21-7-4-8-22-20/h2-8H,9-13H2,1H3. The predicted molar refractivity (Wildman–Crippen MR) is 108 cm³/mol. The van der Waals surface area contributed by atoms with Crippen LogP contribution in [0.15, 0.2) is 42.7 Å². The van der Waals surface area contributed by atoms with Gasteiger partial charge in [-0.25, -0.2) is 14.8 Å². The van der Waals surface area contributed by atoms with Crippen LogP contribution < -0.4 is 4.90 Å². The van der Waals surface area contributed by atoms with Crippen molar-refractivity contribution in [2.75, 3.05) is 37.7 Å². The largest absolute Gasteiger partial charge is 0.451 e. The Labute approximate surface area is 166 Å². The van der Waals surface area contributed by atoms with Gasteiger partial charge < -0.3 is 14.5 Å². The zero-order valence-electron chi connectivity index (χ0n) is 15.5. The Morgan fingerprint density at radius 3 is 2.50 bits per heavy atom. The van der Waals surface area contributed by atoms with E-state index in [9.17, 15) is 9.59 Å². The van der Waals surface area contributed by atoms with E-state index < -0.39 is 5.97 Å². The van der Waals surface area contributed by atoms with Gasteiger partial charge in [0.2, 0.25) is 5.95 Å². The molecule has 8 heteroatoms. The second-order valence-electron chi connectivity index (χ2n) is 6.55. The van der Waals surface area contributed by atoms with Crippen LogP contribution in [0.1, 0.15) is 15.2 Å². The zero-order valence-corrected chi connectivity index (χ0v) is 16.3. The fourth-order valence-electron chi connectivity index (χ4n) is 3.26. The molecule has 0 saturated carbocycles. The number of anilines is 1. The Balaban J connectivity index is 1.32. The Bertz CT molecular complexity index is 997. The summed E-state index contributed by atoms with van der Waals surface area (Å²) in [4.78, 5) is 37.7. The normalized spacial score (nSPS) is 14.3. The minimum atomic E-state index is -0.441. The smallest absolute Gasteiger partial charge is 0.349 e. The van der Waals surface area contributed by atoms with E-state index in [-0.39, 0.29) is 12.5 Å². The molecule has 4 rings (SSSR count). The summed E-state index contributed by atoms with van der Waals surface area (Å²) in [7, 11) is 0. The van der Waals surface area contributed by atoms with Crippen molar-refractivity contribution in [3.05, 3.63) is 53.2 Å². The van der Waals surface area contributed by atoms with E-state index in [1.807, 2.05) is 36.1 Å². The molecule has 7 nitrogen and oxygen atoms in total. The summed E-state index contributed by atoms with van der Waals surface area (Å²) in [5.41, 5.74) is 0.898. The van der Waals surface area contributed by atoms with Crippen LogP contribution >= 0.6 is 11.3 Å². The second kappa shape index (κ2) is 7.93. The monoisotopic (exact) mass is 396 g/mol. The molecule has 28 heavy (non-hydrogen) atoms. The molecule has 0 radical (unpaired) electrons. The van der Waals surface area contributed by atoms with E-state index in [2.05, 4.69) is 9.97 Å². The number of ether oxygens (including phenoxy) is 1. The first-order valence-electron chi connectivity index (χ1n) is 9.08. The maximum atomic E-state index is 12.5. The van der Waals surface area contributed by atoms with E-state index in [0.29, 0.717) is 37.0 Å². The molecule has 2 aromatic heterocycles. The number of aryl methyl sites for hydroxylation is 1. The third kappa shape index (κ3) is 3.68. The molecule has 1 amide bonds. The summed E-state index contributed by atoms with van der Waals surface area (Å²) in [5, 5.41) is 1.05. The molecular weight excluding hydrogens is 376 g/mol. The van der Waals surface area contributed by atoms with Gasteiger partial charge in [-0.05, 0) is 30.0 Å². The van der Waals surface area contributed by atoms with Crippen LogP contribution in [0.25, 0.3) is 10.1 Å². The molecule has 1 saturated heterocycles.